The van der Waals surface area contributed by atoms with Crippen molar-refractivity contribution in [2.75, 3.05) is 20.2 Å². The molecule has 2 aromatic heterocycles. The van der Waals surface area contributed by atoms with Crippen LogP contribution in [0.1, 0.15) is 61.0 Å². The molecule has 10 nitrogen and oxygen atoms in total. The number of nitrogens with zero attached hydrogens (tertiary/aromatic N) is 5. The van der Waals surface area contributed by atoms with Gasteiger partial charge in [-0.05, 0) is 64.9 Å². The molecule has 2 unspecified atom stereocenters. The molecule has 2 aromatic carbocycles. The van der Waals surface area contributed by atoms with Crippen LogP contribution < -0.4 is 5.32 Å². The topological polar surface area (TPSA) is 145 Å². The number of halogens is 1. The Bertz CT molecular complexity index is 2020. The average molecular weight is 647 g/mol. The minimum Gasteiger partial charge on any atom is -0.436 e. The van der Waals surface area contributed by atoms with E-state index >= 15 is 0 Å². The summed E-state index contributed by atoms with van der Waals surface area (Å²) >= 11 is 7.36. The number of benzene rings is 2. The van der Waals surface area contributed by atoms with E-state index in [0.29, 0.717) is 47.4 Å². The second-order valence-corrected chi connectivity index (χ2v) is 12.3. The molecule has 1 amide bonds. The maximum Gasteiger partial charge on any atom is 0.271 e. The Labute approximate surface area is 276 Å². The van der Waals surface area contributed by atoms with Crippen LogP contribution >= 0.6 is 11.6 Å². The number of methoxy groups -OCH3 is 1. The van der Waals surface area contributed by atoms with Crippen LogP contribution in [0.3, 0.4) is 0 Å². The van der Waals surface area contributed by atoms with Crippen LogP contribution in [0.5, 0.6) is 0 Å². The third-order valence-corrected chi connectivity index (χ3v) is 9.19. The number of fused-ring (bicyclic) bond motifs is 1. The van der Waals surface area contributed by atoms with Crippen molar-refractivity contribution in [2.45, 2.75) is 37.4 Å². The first kappa shape index (κ1) is 31.8. The van der Waals surface area contributed by atoms with Gasteiger partial charge in [-0.1, -0.05) is 36.4 Å². The fourth-order valence-electron chi connectivity index (χ4n) is 6.21. The average Bonchev–Trinajstić information content (AvgIpc) is 3.50. The van der Waals surface area contributed by atoms with Gasteiger partial charge >= 0.3 is 0 Å². The van der Waals surface area contributed by atoms with E-state index in [1.165, 1.54) is 19.4 Å². The molecule has 0 bridgehead atoms. The number of aldehydes is 1. The highest BCUT2D eigenvalue weighted by Crippen LogP contribution is 2.43. The summed E-state index contributed by atoms with van der Waals surface area (Å²) in [6, 6.07) is 17.4. The largest absolute Gasteiger partial charge is 0.436 e. The summed E-state index contributed by atoms with van der Waals surface area (Å²) in [5, 5.41) is 21.3. The molecule has 6 rings (SSSR count). The van der Waals surface area contributed by atoms with Crippen LogP contribution in [-0.4, -0.2) is 52.6 Å². The van der Waals surface area contributed by atoms with Gasteiger partial charge < -0.3 is 14.5 Å². The SMILES string of the molecule is COCc1cc(C(=O)NC2(c3nc4cc(CN5CC(CC#N)C5)cc(C#N)c4o3)C=CC=C(c3ccccc3C)C2Cl)ncc1C=O. The number of hydrogen-bond acceptors (Lipinski definition) is 9. The Morgan fingerprint density at radius 2 is 2.06 bits per heavy atom. The quantitative estimate of drug-likeness (QED) is 0.172. The number of carbonyl (C=O) groups excluding carboxylic acids is 2. The number of rotatable bonds is 10. The third kappa shape index (κ3) is 6.07. The lowest BCUT2D eigenvalue weighted by Crippen LogP contribution is -2.52. The summed E-state index contributed by atoms with van der Waals surface area (Å²) in [6.45, 7) is 4.32. The van der Waals surface area contributed by atoms with Crippen molar-refractivity contribution in [3.8, 4) is 12.1 Å². The van der Waals surface area contributed by atoms with Crippen LogP contribution in [0.15, 0.2) is 71.3 Å². The lowest BCUT2D eigenvalue weighted by molar-refractivity contribution is 0.0900. The van der Waals surface area contributed by atoms with Gasteiger partial charge in [-0.25, -0.2) is 4.98 Å². The Balaban J connectivity index is 1.42. The number of nitriles is 2. The van der Waals surface area contributed by atoms with E-state index in [2.05, 4.69) is 27.3 Å². The number of likely N-dealkylation sites (tertiary alicyclic amines) is 1. The van der Waals surface area contributed by atoms with E-state index in [4.69, 9.17) is 31.0 Å². The normalized spacial score (nSPS) is 19.4. The number of pyridine rings is 1. The molecule has 1 aliphatic carbocycles. The molecular formula is C36H31ClN6O4. The van der Waals surface area contributed by atoms with Crippen molar-refractivity contribution in [3.05, 3.63) is 112 Å². The minimum absolute atomic E-state index is 0.0478. The molecule has 1 N–H and O–H groups in total. The van der Waals surface area contributed by atoms with Crippen molar-refractivity contribution in [3.63, 3.8) is 0 Å². The van der Waals surface area contributed by atoms with Crippen LogP contribution in [0, 0.1) is 35.5 Å². The zero-order valence-electron chi connectivity index (χ0n) is 25.9. The molecule has 1 aliphatic heterocycles. The fourth-order valence-corrected chi connectivity index (χ4v) is 6.62. The maximum absolute atomic E-state index is 14.0. The molecule has 0 radical (unpaired) electrons. The fraction of sp³-hybridized carbons (Fsp3) is 0.278. The number of ether oxygens (including phenoxy) is 1. The van der Waals surface area contributed by atoms with Gasteiger partial charge in [0.1, 0.15) is 17.3 Å². The van der Waals surface area contributed by atoms with Crippen LogP contribution in [0.4, 0.5) is 0 Å². The summed E-state index contributed by atoms with van der Waals surface area (Å²) in [5.74, 6) is -0.121. The minimum atomic E-state index is -1.49. The molecule has 4 aromatic rings. The highest BCUT2D eigenvalue weighted by atomic mass is 35.5. The highest BCUT2D eigenvalue weighted by molar-refractivity contribution is 6.28. The van der Waals surface area contributed by atoms with E-state index in [1.807, 2.05) is 43.3 Å². The molecule has 0 saturated carbocycles. The number of allylic oxidation sites excluding steroid dienone is 2. The van der Waals surface area contributed by atoms with Gasteiger partial charge in [-0.3, -0.25) is 19.5 Å². The summed E-state index contributed by atoms with van der Waals surface area (Å²) in [7, 11) is 1.50. The second kappa shape index (κ2) is 13.3. The van der Waals surface area contributed by atoms with Gasteiger partial charge in [0.25, 0.3) is 5.91 Å². The Morgan fingerprint density at radius 3 is 2.79 bits per heavy atom. The smallest absolute Gasteiger partial charge is 0.271 e. The van der Waals surface area contributed by atoms with Gasteiger partial charge in [0.15, 0.2) is 17.4 Å². The summed E-state index contributed by atoms with van der Waals surface area (Å²) in [4.78, 5) is 36.8. The van der Waals surface area contributed by atoms with Crippen LogP contribution in [-0.2, 0) is 23.4 Å². The number of amides is 1. The van der Waals surface area contributed by atoms with E-state index in [0.717, 1.165) is 35.4 Å². The molecule has 1 fully saturated rings. The zero-order valence-corrected chi connectivity index (χ0v) is 26.6. The summed E-state index contributed by atoms with van der Waals surface area (Å²) in [6.07, 6.45) is 7.94. The van der Waals surface area contributed by atoms with Gasteiger partial charge in [-0.15, -0.1) is 11.6 Å². The predicted octanol–water partition coefficient (Wildman–Crippen LogP) is 5.59. The number of aryl methyl sites for hydroxylation is 1. The molecule has 47 heavy (non-hydrogen) atoms. The van der Waals surface area contributed by atoms with E-state index < -0.39 is 16.8 Å². The first-order chi connectivity index (χ1) is 22.8. The van der Waals surface area contributed by atoms with Gasteiger partial charge in [-0.2, -0.15) is 10.5 Å². The molecule has 2 aliphatic rings. The summed E-state index contributed by atoms with van der Waals surface area (Å²) in [5.41, 5.74) is 3.93. The van der Waals surface area contributed by atoms with Crippen LogP contribution in [0.2, 0.25) is 0 Å². The van der Waals surface area contributed by atoms with Crippen molar-refractivity contribution in [1.82, 2.24) is 20.2 Å². The molecule has 11 heteroatoms. The van der Waals surface area contributed by atoms with Crippen molar-refractivity contribution >= 4 is 40.5 Å². The number of nitrogens with one attached hydrogen (secondary N) is 1. The standard InChI is InChI=1S/C36H31ClN6O4/c1-22-6-3-4-7-28(22)29-8-5-10-36(33(29)37,42-34(45)31-14-26(21-46-2)27(20-44)16-40-31)35-41-30-13-24(12-25(15-39)32(30)47-35)19-43-17-23(18-43)9-11-38/h3-8,10,12-14,16,20,23,33H,9,17-19,21H2,1-2H3,(H,42,45). The van der Waals surface area contributed by atoms with E-state index in [-0.39, 0.29) is 23.8 Å². The van der Waals surface area contributed by atoms with E-state index in [9.17, 15) is 14.9 Å². The number of alkyl halides is 1. The van der Waals surface area contributed by atoms with Crippen molar-refractivity contribution in [1.29, 1.82) is 10.5 Å². The Morgan fingerprint density at radius 1 is 1.26 bits per heavy atom. The lowest BCUT2D eigenvalue weighted by atomic mass is 9.81. The second-order valence-electron chi connectivity index (χ2n) is 11.8. The molecular weight excluding hydrogens is 616 g/mol. The number of aromatic nitrogens is 2. The van der Waals surface area contributed by atoms with E-state index in [1.54, 1.807) is 18.2 Å². The predicted molar refractivity (Wildman–Crippen MR) is 175 cm³/mol. The maximum atomic E-state index is 14.0. The highest BCUT2D eigenvalue weighted by Gasteiger charge is 2.47. The molecule has 0 spiro atoms. The number of carbonyl (C=O) groups is 2. The zero-order chi connectivity index (χ0) is 33.1. The number of hydrogen-bond donors (Lipinski definition) is 1. The molecule has 3 heterocycles. The monoisotopic (exact) mass is 646 g/mol. The van der Waals surface area contributed by atoms with Gasteiger partial charge in [0.05, 0.1) is 23.6 Å². The van der Waals surface area contributed by atoms with Crippen molar-refractivity contribution < 1.29 is 18.7 Å². The van der Waals surface area contributed by atoms with Gasteiger partial charge in [0, 0.05) is 44.9 Å². The van der Waals surface area contributed by atoms with Gasteiger partial charge in [0.2, 0.25) is 5.89 Å². The Hall–Kier alpha value is -5.13. The lowest BCUT2D eigenvalue weighted by Gasteiger charge is -2.38. The van der Waals surface area contributed by atoms with Crippen molar-refractivity contribution in [2.24, 2.45) is 5.92 Å². The molecule has 1 saturated heterocycles. The summed E-state index contributed by atoms with van der Waals surface area (Å²) < 4.78 is 11.6. The Kier molecular flexibility index (Phi) is 9.01. The first-order valence-corrected chi connectivity index (χ1v) is 15.5. The number of oxazole rings is 1. The third-order valence-electron chi connectivity index (χ3n) is 8.61. The molecule has 236 valence electrons. The first-order valence-electron chi connectivity index (χ1n) is 15.1. The molecule has 2 atom stereocenters. The van der Waals surface area contributed by atoms with Crippen LogP contribution in [0.25, 0.3) is 16.7 Å².